The second kappa shape index (κ2) is 5.57. The lowest BCUT2D eigenvalue weighted by atomic mass is 10.1. The Balaban J connectivity index is 1.56. The molecule has 1 N–H and O–H groups in total. The smallest absolute Gasteiger partial charge is 0.227 e. The van der Waals surface area contributed by atoms with E-state index in [4.69, 9.17) is 0 Å². The number of amides is 1. The van der Waals surface area contributed by atoms with Gasteiger partial charge in [0.25, 0.3) is 0 Å². The van der Waals surface area contributed by atoms with E-state index >= 15 is 0 Å². The molecule has 2 aliphatic rings. The van der Waals surface area contributed by atoms with Crippen LogP contribution in [0.4, 0.5) is 5.82 Å². The van der Waals surface area contributed by atoms with Crippen molar-refractivity contribution in [2.24, 2.45) is 5.92 Å². The highest BCUT2D eigenvalue weighted by Gasteiger charge is 2.29. The molecule has 0 saturated carbocycles. The fourth-order valence-corrected chi connectivity index (χ4v) is 2.82. The van der Waals surface area contributed by atoms with Crippen LogP contribution in [-0.4, -0.2) is 55.1 Å². The van der Waals surface area contributed by atoms with Crippen molar-refractivity contribution in [1.29, 1.82) is 0 Å². The molecule has 2 saturated heterocycles. The van der Waals surface area contributed by atoms with E-state index in [1.54, 1.807) is 0 Å². The highest BCUT2D eigenvalue weighted by molar-refractivity contribution is 5.79. The lowest BCUT2D eigenvalue weighted by Gasteiger charge is -2.36. The molecule has 5 nitrogen and oxygen atoms in total. The van der Waals surface area contributed by atoms with Crippen molar-refractivity contribution in [3.63, 3.8) is 0 Å². The molecule has 0 aliphatic carbocycles. The summed E-state index contributed by atoms with van der Waals surface area (Å²) in [7, 11) is 0. The number of nitrogens with zero attached hydrogens (tertiary/aromatic N) is 3. The van der Waals surface area contributed by atoms with Crippen molar-refractivity contribution in [3.8, 4) is 0 Å². The Labute approximate surface area is 113 Å². The number of rotatable bonds is 2. The average molecular weight is 260 g/mol. The normalized spacial score (nSPS) is 23.7. The van der Waals surface area contributed by atoms with E-state index < -0.39 is 0 Å². The first kappa shape index (κ1) is 12.4. The highest BCUT2D eigenvalue weighted by atomic mass is 16.2. The average Bonchev–Trinajstić information content (AvgIpc) is 3.02. The Bertz CT molecular complexity index is 422. The highest BCUT2D eigenvalue weighted by Crippen LogP contribution is 2.16. The van der Waals surface area contributed by atoms with Crippen LogP contribution in [-0.2, 0) is 4.79 Å². The van der Waals surface area contributed by atoms with Crippen LogP contribution in [0.25, 0.3) is 0 Å². The zero-order valence-electron chi connectivity index (χ0n) is 11.1. The predicted molar refractivity (Wildman–Crippen MR) is 74.0 cm³/mol. The second-order valence-electron chi connectivity index (χ2n) is 5.19. The van der Waals surface area contributed by atoms with Crippen molar-refractivity contribution in [1.82, 2.24) is 15.2 Å². The lowest BCUT2D eigenvalue weighted by molar-refractivity contribution is -0.135. The van der Waals surface area contributed by atoms with E-state index in [0.29, 0.717) is 5.91 Å². The minimum Gasteiger partial charge on any atom is -0.353 e. The maximum Gasteiger partial charge on any atom is 0.227 e. The first-order valence-corrected chi connectivity index (χ1v) is 7.00. The van der Waals surface area contributed by atoms with Crippen LogP contribution in [0, 0.1) is 5.92 Å². The maximum absolute atomic E-state index is 12.3. The van der Waals surface area contributed by atoms with Gasteiger partial charge >= 0.3 is 0 Å². The van der Waals surface area contributed by atoms with E-state index in [9.17, 15) is 4.79 Å². The summed E-state index contributed by atoms with van der Waals surface area (Å²) in [5, 5.41) is 3.26. The number of piperazine rings is 1. The summed E-state index contributed by atoms with van der Waals surface area (Å²) >= 11 is 0. The number of hydrogen-bond acceptors (Lipinski definition) is 4. The SMILES string of the molecule is O=C(C1CCNC1)N1CCN(c2ccccn2)CC1. The van der Waals surface area contributed by atoms with Crippen molar-refractivity contribution in [3.05, 3.63) is 24.4 Å². The third kappa shape index (κ3) is 2.71. The van der Waals surface area contributed by atoms with Gasteiger partial charge in [-0.3, -0.25) is 4.79 Å². The molecule has 3 heterocycles. The number of nitrogens with one attached hydrogen (secondary N) is 1. The van der Waals surface area contributed by atoms with Gasteiger partial charge in [-0.1, -0.05) is 6.07 Å². The van der Waals surface area contributed by atoms with Gasteiger partial charge in [-0.15, -0.1) is 0 Å². The van der Waals surface area contributed by atoms with Gasteiger partial charge in [0, 0.05) is 38.9 Å². The molecule has 0 aromatic carbocycles. The van der Waals surface area contributed by atoms with Gasteiger partial charge in [-0.2, -0.15) is 0 Å². The first-order chi connectivity index (χ1) is 9.34. The fourth-order valence-electron chi connectivity index (χ4n) is 2.82. The first-order valence-electron chi connectivity index (χ1n) is 7.00. The van der Waals surface area contributed by atoms with Gasteiger partial charge in [-0.05, 0) is 25.1 Å². The van der Waals surface area contributed by atoms with Crippen LogP contribution in [0.2, 0.25) is 0 Å². The Morgan fingerprint density at radius 3 is 2.74 bits per heavy atom. The second-order valence-corrected chi connectivity index (χ2v) is 5.19. The molecule has 1 aromatic heterocycles. The van der Waals surface area contributed by atoms with Crippen LogP contribution in [0.15, 0.2) is 24.4 Å². The van der Waals surface area contributed by atoms with Crippen LogP contribution >= 0.6 is 0 Å². The topological polar surface area (TPSA) is 48.5 Å². The van der Waals surface area contributed by atoms with Gasteiger partial charge in [0.2, 0.25) is 5.91 Å². The van der Waals surface area contributed by atoms with Gasteiger partial charge in [0.1, 0.15) is 5.82 Å². The van der Waals surface area contributed by atoms with E-state index in [-0.39, 0.29) is 5.92 Å². The number of anilines is 1. The molecule has 0 bridgehead atoms. The molecule has 1 atom stereocenters. The minimum atomic E-state index is 0.196. The van der Waals surface area contributed by atoms with Crippen molar-refractivity contribution in [2.75, 3.05) is 44.2 Å². The summed E-state index contributed by atoms with van der Waals surface area (Å²) in [4.78, 5) is 20.9. The quantitative estimate of drug-likeness (QED) is 0.833. The number of hydrogen-bond donors (Lipinski definition) is 1. The molecule has 1 unspecified atom stereocenters. The third-order valence-electron chi connectivity index (χ3n) is 3.97. The summed E-state index contributed by atoms with van der Waals surface area (Å²) < 4.78 is 0. The largest absolute Gasteiger partial charge is 0.353 e. The molecule has 2 fully saturated rings. The van der Waals surface area contributed by atoms with E-state index in [1.165, 1.54) is 0 Å². The minimum absolute atomic E-state index is 0.196. The van der Waals surface area contributed by atoms with Gasteiger partial charge in [-0.25, -0.2) is 4.98 Å². The maximum atomic E-state index is 12.3. The Kier molecular flexibility index (Phi) is 3.64. The van der Waals surface area contributed by atoms with Crippen molar-refractivity contribution >= 4 is 11.7 Å². The summed E-state index contributed by atoms with van der Waals surface area (Å²) in [5.74, 6) is 1.53. The lowest BCUT2D eigenvalue weighted by Crippen LogP contribution is -2.50. The number of carbonyl (C=O) groups is 1. The number of carbonyl (C=O) groups excluding carboxylic acids is 1. The van der Waals surface area contributed by atoms with Gasteiger partial charge in [0.05, 0.1) is 5.92 Å². The Morgan fingerprint density at radius 2 is 2.11 bits per heavy atom. The molecule has 0 spiro atoms. The van der Waals surface area contributed by atoms with Gasteiger partial charge < -0.3 is 15.1 Å². The number of aromatic nitrogens is 1. The standard InChI is InChI=1S/C14H20N4O/c19-14(12-4-6-15-11-12)18-9-7-17(8-10-18)13-3-1-2-5-16-13/h1-3,5,12,15H,4,6-11H2. The summed E-state index contributed by atoms with van der Waals surface area (Å²) in [6.45, 7) is 5.20. The fraction of sp³-hybridized carbons (Fsp3) is 0.571. The zero-order chi connectivity index (χ0) is 13.1. The summed E-state index contributed by atoms with van der Waals surface area (Å²) in [6, 6.07) is 5.96. The molecular weight excluding hydrogens is 240 g/mol. The summed E-state index contributed by atoms with van der Waals surface area (Å²) in [6.07, 6.45) is 2.80. The number of pyridine rings is 1. The molecule has 0 radical (unpaired) electrons. The Morgan fingerprint density at radius 1 is 1.26 bits per heavy atom. The molecule has 1 amide bonds. The van der Waals surface area contributed by atoms with E-state index in [0.717, 1.165) is 51.5 Å². The molecule has 2 aliphatic heterocycles. The van der Waals surface area contributed by atoms with E-state index in [1.807, 2.05) is 29.3 Å². The zero-order valence-corrected chi connectivity index (χ0v) is 11.1. The predicted octanol–water partition coefficient (Wildman–Crippen LogP) is 0.340. The van der Waals surface area contributed by atoms with Crippen LogP contribution < -0.4 is 10.2 Å². The monoisotopic (exact) mass is 260 g/mol. The van der Waals surface area contributed by atoms with Crippen LogP contribution in [0.5, 0.6) is 0 Å². The summed E-state index contributed by atoms with van der Waals surface area (Å²) in [5.41, 5.74) is 0. The van der Waals surface area contributed by atoms with Crippen LogP contribution in [0.1, 0.15) is 6.42 Å². The van der Waals surface area contributed by atoms with Crippen molar-refractivity contribution in [2.45, 2.75) is 6.42 Å². The van der Waals surface area contributed by atoms with Crippen molar-refractivity contribution < 1.29 is 4.79 Å². The Hall–Kier alpha value is -1.62. The molecular formula is C14H20N4O. The third-order valence-corrected chi connectivity index (χ3v) is 3.97. The molecule has 19 heavy (non-hydrogen) atoms. The molecule has 5 heteroatoms. The van der Waals surface area contributed by atoms with E-state index in [2.05, 4.69) is 15.2 Å². The molecule has 3 rings (SSSR count). The van der Waals surface area contributed by atoms with Gasteiger partial charge in [0.15, 0.2) is 0 Å². The van der Waals surface area contributed by atoms with Crippen LogP contribution in [0.3, 0.4) is 0 Å². The molecule has 102 valence electrons. The molecule has 1 aromatic rings.